The Kier molecular flexibility index (Phi) is 4.25. The molecule has 0 saturated carbocycles. The number of amides is 1. The van der Waals surface area contributed by atoms with Crippen LogP contribution >= 0.6 is 11.3 Å². The molecule has 1 aliphatic rings. The molecule has 1 N–H and O–H groups in total. The van der Waals surface area contributed by atoms with E-state index in [9.17, 15) is 13.2 Å². The van der Waals surface area contributed by atoms with Crippen molar-refractivity contribution < 1.29 is 13.2 Å². The van der Waals surface area contributed by atoms with Crippen molar-refractivity contribution in [1.82, 2.24) is 10.3 Å². The van der Waals surface area contributed by atoms with Crippen LogP contribution in [0.4, 0.5) is 0 Å². The van der Waals surface area contributed by atoms with Gasteiger partial charge in [0.1, 0.15) is 10.7 Å². The van der Waals surface area contributed by atoms with Gasteiger partial charge in [-0.3, -0.25) is 4.79 Å². The first-order valence-electron chi connectivity index (χ1n) is 7.74. The molecule has 1 atom stereocenters. The Morgan fingerprint density at radius 3 is 2.71 bits per heavy atom. The molecule has 5 nitrogen and oxygen atoms in total. The third-order valence-electron chi connectivity index (χ3n) is 4.27. The second-order valence-electron chi connectivity index (χ2n) is 6.71. The molecule has 1 aromatic carbocycles. The Morgan fingerprint density at radius 2 is 2.08 bits per heavy atom. The Hall–Kier alpha value is -1.73. The van der Waals surface area contributed by atoms with Gasteiger partial charge in [0.25, 0.3) is 5.91 Å². The molecule has 0 aliphatic carbocycles. The van der Waals surface area contributed by atoms with Gasteiger partial charge in [0, 0.05) is 10.9 Å². The zero-order valence-electron chi connectivity index (χ0n) is 13.9. The molecule has 0 spiro atoms. The van der Waals surface area contributed by atoms with Gasteiger partial charge >= 0.3 is 0 Å². The average molecular weight is 364 g/mol. The Morgan fingerprint density at radius 1 is 1.33 bits per heavy atom. The highest BCUT2D eigenvalue weighted by atomic mass is 32.2. The summed E-state index contributed by atoms with van der Waals surface area (Å²) in [5.74, 6) is -0.212. The first-order chi connectivity index (χ1) is 11.2. The number of benzene rings is 1. The molecule has 128 valence electrons. The maximum Gasteiger partial charge on any atom is 0.271 e. The van der Waals surface area contributed by atoms with Crippen molar-refractivity contribution in [2.75, 3.05) is 11.5 Å². The molecule has 7 heteroatoms. The van der Waals surface area contributed by atoms with Crippen LogP contribution in [0.3, 0.4) is 0 Å². The van der Waals surface area contributed by atoms with Gasteiger partial charge < -0.3 is 5.32 Å². The van der Waals surface area contributed by atoms with Gasteiger partial charge in [-0.2, -0.15) is 0 Å². The van der Waals surface area contributed by atoms with Crippen LogP contribution < -0.4 is 5.32 Å². The number of hydrogen-bond acceptors (Lipinski definition) is 5. The summed E-state index contributed by atoms with van der Waals surface area (Å²) in [6.07, 6.45) is 0.440. The Labute approximate surface area is 146 Å². The molecule has 1 amide bonds. The first-order valence-corrected chi connectivity index (χ1v) is 10.4. The molecular weight excluding hydrogens is 344 g/mol. The number of aromatic nitrogens is 1. The number of rotatable bonds is 3. The van der Waals surface area contributed by atoms with Crippen molar-refractivity contribution in [3.05, 3.63) is 40.4 Å². The molecular formula is C17H20N2O3S2. The standard InChI is InChI=1S/C17H20N2O3S2/c1-11-4-5-13(12(2)8-11)16-18-14(9-23-16)15(20)19-17(3)6-7-24(21,22)10-17/h4-5,8-9H,6-7,10H2,1-3H3,(H,19,20). The van der Waals surface area contributed by atoms with Gasteiger partial charge in [-0.1, -0.05) is 23.8 Å². The molecule has 24 heavy (non-hydrogen) atoms. The quantitative estimate of drug-likeness (QED) is 0.908. The number of carbonyl (C=O) groups is 1. The number of nitrogens with zero attached hydrogens (tertiary/aromatic N) is 1. The minimum absolute atomic E-state index is 0.0141. The number of aryl methyl sites for hydroxylation is 2. The number of nitrogens with one attached hydrogen (secondary N) is 1. The van der Waals surface area contributed by atoms with E-state index in [4.69, 9.17) is 0 Å². The van der Waals surface area contributed by atoms with Gasteiger partial charge in [0.2, 0.25) is 0 Å². The van der Waals surface area contributed by atoms with E-state index < -0.39 is 15.4 Å². The van der Waals surface area contributed by atoms with E-state index in [1.165, 1.54) is 16.9 Å². The summed E-state index contributed by atoms with van der Waals surface area (Å²) in [7, 11) is -3.06. The van der Waals surface area contributed by atoms with Gasteiger partial charge in [-0.05, 0) is 32.8 Å². The van der Waals surface area contributed by atoms with Crippen molar-refractivity contribution in [2.24, 2.45) is 0 Å². The van der Waals surface area contributed by atoms with E-state index in [0.717, 1.165) is 16.1 Å². The SMILES string of the molecule is Cc1ccc(-c2nc(C(=O)NC3(C)CCS(=O)(=O)C3)cs2)c(C)c1. The second kappa shape index (κ2) is 5.97. The zero-order chi connectivity index (χ0) is 17.5. The van der Waals surface area contributed by atoms with Gasteiger partial charge in [-0.15, -0.1) is 11.3 Å². The fourth-order valence-electron chi connectivity index (χ4n) is 3.00. The molecule has 2 aromatic rings. The minimum atomic E-state index is -3.06. The number of hydrogen-bond donors (Lipinski definition) is 1. The van der Waals surface area contributed by atoms with Gasteiger partial charge in [0.05, 0.1) is 17.0 Å². The molecule has 2 heterocycles. The van der Waals surface area contributed by atoms with Crippen molar-refractivity contribution >= 4 is 27.1 Å². The van der Waals surface area contributed by atoms with Crippen LogP contribution in [-0.4, -0.2) is 36.4 Å². The normalized spacial score (nSPS) is 22.5. The molecule has 1 fully saturated rings. The molecule has 1 aromatic heterocycles. The lowest BCUT2D eigenvalue weighted by atomic mass is 10.0. The summed E-state index contributed by atoms with van der Waals surface area (Å²) in [5, 5.41) is 5.35. The lowest BCUT2D eigenvalue weighted by molar-refractivity contribution is 0.0911. The summed E-state index contributed by atoms with van der Waals surface area (Å²) in [4.78, 5) is 16.9. The van der Waals surface area contributed by atoms with Crippen LogP contribution in [0.5, 0.6) is 0 Å². The maximum atomic E-state index is 12.4. The van der Waals surface area contributed by atoms with E-state index in [0.29, 0.717) is 12.1 Å². The number of carbonyl (C=O) groups excluding carboxylic acids is 1. The average Bonchev–Trinajstić information content (AvgIpc) is 3.04. The summed E-state index contributed by atoms with van der Waals surface area (Å²) in [6, 6.07) is 6.12. The monoisotopic (exact) mass is 364 g/mol. The van der Waals surface area contributed by atoms with Crippen LogP contribution in [0.2, 0.25) is 0 Å². The van der Waals surface area contributed by atoms with E-state index in [1.54, 1.807) is 12.3 Å². The molecule has 3 rings (SSSR count). The fraction of sp³-hybridized carbons (Fsp3) is 0.412. The highest BCUT2D eigenvalue weighted by molar-refractivity contribution is 7.91. The minimum Gasteiger partial charge on any atom is -0.344 e. The smallest absolute Gasteiger partial charge is 0.271 e. The summed E-state index contributed by atoms with van der Waals surface area (Å²) in [6.45, 7) is 5.83. The maximum absolute atomic E-state index is 12.4. The molecule has 0 bridgehead atoms. The van der Waals surface area contributed by atoms with Crippen LogP contribution in [0.1, 0.15) is 35.0 Å². The van der Waals surface area contributed by atoms with Crippen molar-refractivity contribution in [3.63, 3.8) is 0 Å². The van der Waals surface area contributed by atoms with Crippen LogP contribution in [0.25, 0.3) is 10.6 Å². The second-order valence-corrected chi connectivity index (χ2v) is 9.76. The van der Waals surface area contributed by atoms with E-state index in [1.807, 2.05) is 26.0 Å². The highest BCUT2D eigenvalue weighted by Gasteiger charge is 2.39. The largest absolute Gasteiger partial charge is 0.344 e. The highest BCUT2D eigenvalue weighted by Crippen LogP contribution is 2.28. The third-order valence-corrected chi connectivity index (χ3v) is 7.05. The van der Waals surface area contributed by atoms with E-state index in [2.05, 4.69) is 16.4 Å². The fourth-order valence-corrected chi connectivity index (χ4v) is 5.99. The van der Waals surface area contributed by atoms with Crippen molar-refractivity contribution in [2.45, 2.75) is 32.7 Å². The lowest BCUT2D eigenvalue weighted by Gasteiger charge is -2.23. The van der Waals surface area contributed by atoms with E-state index in [-0.39, 0.29) is 17.4 Å². The molecule has 1 aliphatic heterocycles. The van der Waals surface area contributed by atoms with Crippen molar-refractivity contribution in [3.8, 4) is 10.6 Å². The molecule has 0 radical (unpaired) electrons. The zero-order valence-corrected chi connectivity index (χ0v) is 15.6. The van der Waals surface area contributed by atoms with E-state index >= 15 is 0 Å². The third kappa shape index (κ3) is 3.52. The molecule has 1 unspecified atom stereocenters. The molecule has 1 saturated heterocycles. The van der Waals surface area contributed by atoms with Gasteiger partial charge in [-0.25, -0.2) is 13.4 Å². The van der Waals surface area contributed by atoms with Gasteiger partial charge in [0.15, 0.2) is 9.84 Å². The first kappa shape index (κ1) is 17.1. The lowest BCUT2D eigenvalue weighted by Crippen LogP contribution is -2.47. The topological polar surface area (TPSA) is 76.1 Å². The summed E-state index contributed by atoms with van der Waals surface area (Å²) >= 11 is 1.42. The number of sulfone groups is 1. The van der Waals surface area contributed by atoms with Crippen LogP contribution in [0.15, 0.2) is 23.6 Å². The van der Waals surface area contributed by atoms with Crippen LogP contribution in [0, 0.1) is 13.8 Å². The van der Waals surface area contributed by atoms with Crippen LogP contribution in [-0.2, 0) is 9.84 Å². The predicted molar refractivity (Wildman–Crippen MR) is 96.2 cm³/mol. The Balaban J connectivity index is 1.79. The predicted octanol–water partition coefficient (Wildman–Crippen LogP) is 2.73. The Bertz CT molecular complexity index is 902. The summed E-state index contributed by atoms with van der Waals surface area (Å²) in [5.41, 5.74) is 2.94. The number of thiazole rings is 1. The summed E-state index contributed by atoms with van der Waals surface area (Å²) < 4.78 is 23.3. The van der Waals surface area contributed by atoms with Crippen molar-refractivity contribution in [1.29, 1.82) is 0 Å².